The molecule has 0 aromatic heterocycles. The van der Waals surface area contributed by atoms with Gasteiger partial charge in [-0.2, -0.15) is 4.31 Å². The number of anilines is 2. The maximum Gasteiger partial charge on any atom is 0.243 e. The lowest BCUT2D eigenvalue weighted by Crippen LogP contribution is -2.34. The minimum atomic E-state index is -3.90. The number of nitrogens with one attached hydrogen (secondary N) is 2. The van der Waals surface area contributed by atoms with Crippen LogP contribution in [0.3, 0.4) is 0 Å². The lowest BCUT2D eigenvalue weighted by molar-refractivity contribution is -0.116. The largest absolute Gasteiger partial charge is 0.504 e. The number of phenolic OH excluding ortho intramolecular Hbond substituents is 1. The van der Waals surface area contributed by atoms with Gasteiger partial charge in [0.05, 0.1) is 18.6 Å². The minimum absolute atomic E-state index is 0.0148. The molecular formula is C18H21N3O6S. The molecule has 3 N–H and O–H groups in total. The number of carbonyl (C=O) groups is 2. The molecule has 9 nitrogen and oxygen atoms in total. The molecule has 0 radical (unpaired) electrons. The molecular weight excluding hydrogens is 386 g/mol. The van der Waals surface area contributed by atoms with Gasteiger partial charge in [-0.15, -0.1) is 0 Å². The van der Waals surface area contributed by atoms with Crippen LogP contribution in [0.5, 0.6) is 11.5 Å². The summed E-state index contributed by atoms with van der Waals surface area (Å²) < 4.78 is 31.0. The molecule has 0 aliphatic rings. The van der Waals surface area contributed by atoms with Gasteiger partial charge >= 0.3 is 0 Å². The summed E-state index contributed by atoms with van der Waals surface area (Å²) in [5.41, 5.74) is 0.764. The predicted octanol–water partition coefficient (Wildman–Crippen LogP) is 1.62. The van der Waals surface area contributed by atoms with Gasteiger partial charge in [-0.3, -0.25) is 9.59 Å². The predicted molar refractivity (Wildman–Crippen MR) is 104 cm³/mol. The number of sulfonamides is 1. The van der Waals surface area contributed by atoms with E-state index in [2.05, 4.69) is 10.6 Å². The zero-order valence-electron chi connectivity index (χ0n) is 15.6. The van der Waals surface area contributed by atoms with Gasteiger partial charge in [0.15, 0.2) is 11.5 Å². The zero-order valence-corrected chi connectivity index (χ0v) is 16.4. The minimum Gasteiger partial charge on any atom is -0.504 e. The molecule has 2 rings (SSSR count). The highest BCUT2D eigenvalue weighted by molar-refractivity contribution is 7.89. The molecule has 150 valence electrons. The van der Waals surface area contributed by atoms with Crippen LogP contribution in [0.2, 0.25) is 0 Å². The molecule has 0 saturated heterocycles. The van der Waals surface area contributed by atoms with Gasteiger partial charge in [0.2, 0.25) is 21.8 Å². The van der Waals surface area contributed by atoms with E-state index in [4.69, 9.17) is 4.74 Å². The van der Waals surface area contributed by atoms with E-state index in [1.165, 1.54) is 63.5 Å². The molecule has 0 heterocycles. The van der Waals surface area contributed by atoms with Crippen molar-refractivity contribution in [1.29, 1.82) is 0 Å². The Morgan fingerprint density at radius 1 is 1.07 bits per heavy atom. The van der Waals surface area contributed by atoms with Crippen molar-refractivity contribution in [3.05, 3.63) is 42.5 Å². The number of likely N-dealkylation sites (N-methyl/N-ethyl adjacent to an activating group) is 1. The van der Waals surface area contributed by atoms with E-state index >= 15 is 0 Å². The van der Waals surface area contributed by atoms with Crippen LogP contribution in [0.25, 0.3) is 0 Å². The lowest BCUT2D eigenvalue weighted by atomic mass is 10.2. The number of nitrogens with zero attached hydrogens (tertiary/aromatic N) is 1. The number of amides is 2. The molecule has 0 atom stereocenters. The van der Waals surface area contributed by atoms with Gasteiger partial charge in [-0.25, -0.2) is 8.42 Å². The van der Waals surface area contributed by atoms with Crippen LogP contribution < -0.4 is 15.4 Å². The van der Waals surface area contributed by atoms with Crippen LogP contribution in [-0.4, -0.2) is 50.3 Å². The third-order valence-electron chi connectivity index (χ3n) is 3.71. The second kappa shape index (κ2) is 8.72. The summed E-state index contributed by atoms with van der Waals surface area (Å²) in [4.78, 5) is 23.2. The third-order valence-corrected chi connectivity index (χ3v) is 5.53. The van der Waals surface area contributed by atoms with E-state index in [1.54, 1.807) is 0 Å². The first-order valence-corrected chi connectivity index (χ1v) is 9.58. The van der Waals surface area contributed by atoms with E-state index in [-0.39, 0.29) is 22.3 Å². The van der Waals surface area contributed by atoms with Crippen molar-refractivity contribution in [2.45, 2.75) is 11.8 Å². The van der Waals surface area contributed by atoms with Crippen LogP contribution in [0, 0.1) is 0 Å². The Morgan fingerprint density at radius 2 is 1.68 bits per heavy atom. The van der Waals surface area contributed by atoms with E-state index in [1.807, 2.05) is 0 Å². The normalized spacial score (nSPS) is 11.1. The quantitative estimate of drug-likeness (QED) is 0.640. The zero-order chi connectivity index (χ0) is 20.9. The molecule has 0 aliphatic carbocycles. The van der Waals surface area contributed by atoms with Crippen molar-refractivity contribution in [2.24, 2.45) is 0 Å². The van der Waals surface area contributed by atoms with Crippen molar-refractivity contribution in [1.82, 2.24) is 4.31 Å². The second-order valence-corrected chi connectivity index (χ2v) is 7.95. The number of ether oxygens (including phenoxy) is 1. The molecule has 0 unspecified atom stereocenters. The molecule has 0 aliphatic heterocycles. The van der Waals surface area contributed by atoms with Gasteiger partial charge in [0.25, 0.3) is 0 Å². The Morgan fingerprint density at radius 3 is 2.21 bits per heavy atom. The molecule has 0 bridgehead atoms. The molecule has 2 aromatic carbocycles. The standard InChI is InChI=1S/C18H21N3O6S/c1-12(22)19-13-4-7-15(8-5-13)28(25,26)21(2)11-18(24)20-14-6-9-17(27-3)16(23)10-14/h4-10,23H,11H2,1-3H3,(H,19,22)(H,20,24). The maximum atomic E-state index is 12.6. The highest BCUT2D eigenvalue weighted by Gasteiger charge is 2.23. The Kier molecular flexibility index (Phi) is 6.60. The van der Waals surface area contributed by atoms with Crippen LogP contribution in [0.15, 0.2) is 47.4 Å². The number of phenols is 1. The van der Waals surface area contributed by atoms with Gasteiger partial charge in [0.1, 0.15) is 0 Å². The Labute approximate surface area is 163 Å². The second-order valence-electron chi connectivity index (χ2n) is 5.90. The van der Waals surface area contributed by atoms with Crippen LogP contribution in [0.1, 0.15) is 6.92 Å². The molecule has 10 heteroatoms. The van der Waals surface area contributed by atoms with Crippen LogP contribution in [0.4, 0.5) is 11.4 Å². The molecule has 0 fully saturated rings. The summed E-state index contributed by atoms with van der Waals surface area (Å²) in [7, 11) is -1.22. The van der Waals surface area contributed by atoms with Crippen molar-refractivity contribution >= 4 is 33.2 Å². The first-order chi connectivity index (χ1) is 13.1. The smallest absolute Gasteiger partial charge is 0.243 e. The summed E-state index contributed by atoms with van der Waals surface area (Å²) in [5.74, 6) is -0.750. The SMILES string of the molecule is COc1ccc(NC(=O)CN(C)S(=O)(=O)c2ccc(NC(C)=O)cc2)cc1O. The van der Waals surface area contributed by atoms with Crippen molar-refractivity contribution in [3.63, 3.8) is 0 Å². The van der Waals surface area contributed by atoms with E-state index in [0.29, 0.717) is 11.4 Å². The fourth-order valence-electron chi connectivity index (χ4n) is 2.35. The van der Waals surface area contributed by atoms with E-state index < -0.39 is 22.5 Å². The monoisotopic (exact) mass is 407 g/mol. The van der Waals surface area contributed by atoms with Gasteiger partial charge in [-0.05, 0) is 36.4 Å². The van der Waals surface area contributed by atoms with Gasteiger partial charge in [-0.1, -0.05) is 0 Å². The number of rotatable bonds is 7. The fourth-order valence-corrected chi connectivity index (χ4v) is 3.48. The number of benzene rings is 2. The first-order valence-electron chi connectivity index (χ1n) is 8.14. The Hall–Kier alpha value is -3.11. The van der Waals surface area contributed by atoms with E-state index in [0.717, 1.165) is 4.31 Å². The summed E-state index contributed by atoms with van der Waals surface area (Å²) in [6.07, 6.45) is 0. The highest BCUT2D eigenvalue weighted by Crippen LogP contribution is 2.28. The topological polar surface area (TPSA) is 125 Å². The molecule has 0 spiro atoms. The summed E-state index contributed by atoms with van der Waals surface area (Å²) >= 11 is 0. The van der Waals surface area contributed by atoms with Crippen molar-refractivity contribution < 1.29 is 27.9 Å². The number of hydrogen-bond acceptors (Lipinski definition) is 6. The summed E-state index contributed by atoms with van der Waals surface area (Å²) in [6.45, 7) is 0.919. The molecule has 2 aromatic rings. The Balaban J connectivity index is 2.05. The summed E-state index contributed by atoms with van der Waals surface area (Å²) in [6, 6.07) is 9.90. The Bertz CT molecular complexity index is 973. The molecule has 0 saturated carbocycles. The highest BCUT2D eigenvalue weighted by atomic mass is 32.2. The summed E-state index contributed by atoms with van der Waals surface area (Å²) in [5, 5.41) is 14.8. The molecule has 28 heavy (non-hydrogen) atoms. The third kappa shape index (κ3) is 5.21. The molecule has 2 amide bonds. The first kappa shape index (κ1) is 21.2. The fraction of sp³-hybridized carbons (Fsp3) is 0.222. The average Bonchev–Trinajstić information content (AvgIpc) is 2.61. The van der Waals surface area contributed by atoms with Gasteiger partial charge in [0, 0.05) is 31.4 Å². The van der Waals surface area contributed by atoms with E-state index in [9.17, 15) is 23.1 Å². The lowest BCUT2D eigenvalue weighted by Gasteiger charge is -2.17. The number of hydrogen-bond donors (Lipinski definition) is 3. The average molecular weight is 407 g/mol. The van der Waals surface area contributed by atoms with Crippen LogP contribution >= 0.6 is 0 Å². The number of aromatic hydroxyl groups is 1. The van der Waals surface area contributed by atoms with Crippen molar-refractivity contribution in [2.75, 3.05) is 31.3 Å². The van der Waals surface area contributed by atoms with Gasteiger partial charge < -0.3 is 20.5 Å². The van der Waals surface area contributed by atoms with Crippen molar-refractivity contribution in [3.8, 4) is 11.5 Å². The maximum absolute atomic E-state index is 12.6. The number of carbonyl (C=O) groups excluding carboxylic acids is 2. The number of methoxy groups -OCH3 is 1. The van der Waals surface area contributed by atoms with Crippen LogP contribution in [-0.2, 0) is 19.6 Å².